The number of hydrogen-bond acceptors (Lipinski definition) is 5. The Kier molecular flexibility index (Phi) is 3.19. The van der Waals surface area contributed by atoms with Crippen molar-refractivity contribution in [3.63, 3.8) is 0 Å². The first-order chi connectivity index (χ1) is 12.6. The van der Waals surface area contributed by atoms with Crippen LogP contribution in [0.2, 0.25) is 0 Å². The molecule has 0 aliphatic heterocycles. The first-order valence-electron chi connectivity index (χ1n) is 8.75. The molecule has 5 rings (SSSR count). The zero-order valence-electron chi connectivity index (χ0n) is 15.0. The third-order valence-corrected chi connectivity index (χ3v) is 5.03. The average molecular weight is 345 g/mol. The normalized spacial score (nSPS) is 19.2. The predicted octanol–water partition coefficient (Wildman–Crippen LogP) is 2.81. The van der Waals surface area contributed by atoms with Crippen LogP contribution < -0.4 is 0 Å². The largest absolute Gasteiger partial charge is 0.264 e. The van der Waals surface area contributed by atoms with Crippen molar-refractivity contribution in [3.05, 3.63) is 59.3 Å². The molecule has 4 aromatic rings. The Morgan fingerprint density at radius 3 is 2.77 bits per heavy atom. The van der Waals surface area contributed by atoms with Crippen LogP contribution >= 0.6 is 0 Å². The molecule has 1 saturated carbocycles. The van der Waals surface area contributed by atoms with Crippen molar-refractivity contribution in [2.75, 3.05) is 0 Å². The van der Waals surface area contributed by atoms with E-state index in [1.165, 1.54) is 5.56 Å². The third kappa shape index (κ3) is 2.39. The molecular formula is C19H19N7. The summed E-state index contributed by atoms with van der Waals surface area (Å²) in [6.45, 7) is 3.98. The van der Waals surface area contributed by atoms with E-state index in [0.717, 1.165) is 29.2 Å². The molecule has 0 unspecified atom stereocenters. The van der Waals surface area contributed by atoms with Gasteiger partial charge in [-0.15, -0.1) is 5.10 Å². The molecule has 26 heavy (non-hydrogen) atoms. The van der Waals surface area contributed by atoms with Crippen LogP contribution in [0.25, 0.3) is 17.3 Å². The summed E-state index contributed by atoms with van der Waals surface area (Å²) in [4.78, 5) is 13.3. The molecule has 4 aromatic heterocycles. The zero-order chi connectivity index (χ0) is 17.8. The van der Waals surface area contributed by atoms with E-state index in [1.807, 2.05) is 50.1 Å². The number of nitrogens with zero attached hydrogens (tertiary/aromatic N) is 7. The van der Waals surface area contributed by atoms with Crippen molar-refractivity contribution < 1.29 is 0 Å². The third-order valence-electron chi connectivity index (χ3n) is 5.03. The van der Waals surface area contributed by atoms with Gasteiger partial charge in [-0.25, -0.2) is 9.50 Å². The van der Waals surface area contributed by atoms with Gasteiger partial charge in [-0.3, -0.25) is 9.67 Å². The van der Waals surface area contributed by atoms with Gasteiger partial charge < -0.3 is 0 Å². The van der Waals surface area contributed by atoms with Gasteiger partial charge in [-0.2, -0.15) is 10.1 Å². The molecule has 7 heteroatoms. The van der Waals surface area contributed by atoms with Crippen molar-refractivity contribution in [2.45, 2.75) is 32.1 Å². The minimum atomic E-state index is 0.443. The SMILES string of the molecule is Cc1cc(C)n2nc(-c3cc([C@H]4C[C@@H]4c4cccnc4)nn3C)nc2n1. The van der Waals surface area contributed by atoms with E-state index in [-0.39, 0.29) is 0 Å². The molecule has 1 aliphatic carbocycles. The summed E-state index contributed by atoms with van der Waals surface area (Å²) < 4.78 is 3.65. The van der Waals surface area contributed by atoms with Crippen LogP contribution in [0.1, 0.15) is 40.9 Å². The van der Waals surface area contributed by atoms with E-state index in [0.29, 0.717) is 23.4 Å². The van der Waals surface area contributed by atoms with Crippen molar-refractivity contribution in [3.8, 4) is 11.5 Å². The molecule has 0 saturated heterocycles. The monoisotopic (exact) mass is 345 g/mol. The number of pyridine rings is 1. The van der Waals surface area contributed by atoms with E-state index in [4.69, 9.17) is 5.10 Å². The molecule has 130 valence electrons. The fraction of sp³-hybridized carbons (Fsp3) is 0.316. The van der Waals surface area contributed by atoms with Crippen LogP contribution in [-0.2, 0) is 7.05 Å². The van der Waals surface area contributed by atoms with Gasteiger partial charge in [0.05, 0.1) is 5.69 Å². The van der Waals surface area contributed by atoms with Crippen LogP contribution in [0.4, 0.5) is 0 Å². The van der Waals surface area contributed by atoms with Gasteiger partial charge in [0.15, 0.2) is 0 Å². The Balaban J connectivity index is 1.49. The van der Waals surface area contributed by atoms with Crippen molar-refractivity contribution in [1.29, 1.82) is 0 Å². The van der Waals surface area contributed by atoms with Gasteiger partial charge in [0, 0.05) is 36.7 Å². The molecule has 1 aliphatic rings. The topological polar surface area (TPSA) is 73.8 Å². The predicted molar refractivity (Wildman–Crippen MR) is 96.8 cm³/mol. The molecule has 0 spiro atoms. The van der Waals surface area contributed by atoms with Gasteiger partial charge in [-0.05, 0) is 49.9 Å². The smallest absolute Gasteiger partial charge is 0.253 e. The fourth-order valence-corrected chi connectivity index (χ4v) is 3.64. The van der Waals surface area contributed by atoms with Crippen LogP contribution in [0.3, 0.4) is 0 Å². The Morgan fingerprint density at radius 2 is 1.96 bits per heavy atom. The Labute approximate surface area is 150 Å². The van der Waals surface area contributed by atoms with E-state index in [9.17, 15) is 0 Å². The molecule has 0 amide bonds. The summed E-state index contributed by atoms with van der Waals surface area (Å²) in [7, 11) is 1.94. The molecule has 4 heterocycles. The van der Waals surface area contributed by atoms with Gasteiger partial charge in [0.1, 0.15) is 5.69 Å². The second kappa shape index (κ2) is 5.45. The second-order valence-corrected chi connectivity index (χ2v) is 7.00. The van der Waals surface area contributed by atoms with E-state index < -0.39 is 0 Å². The molecule has 0 N–H and O–H groups in total. The quantitative estimate of drug-likeness (QED) is 0.571. The van der Waals surface area contributed by atoms with E-state index in [2.05, 4.69) is 32.2 Å². The summed E-state index contributed by atoms with van der Waals surface area (Å²) in [5, 5.41) is 9.35. The summed E-state index contributed by atoms with van der Waals surface area (Å²) in [6, 6.07) is 8.25. The fourth-order valence-electron chi connectivity index (χ4n) is 3.64. The van der Waals surface area contributed by atoms with Crippen molar-refractivity contribution >= 4 is 5.78 Å². The average Bonchev–Trinajstić information content (AvgIpc) is 3.16. The lowest BCUT2D eigenvalue weighted by atomic mass is 10.1. The summed E-state index contributed by atoms with van der Waals surface area (Å²) in [6.07, 6.45) is 4.88. The maximum atomic E-state index is 4.72. The first-order valence-corrected chi connectivity index (χ1v) is 8.75. The highest BCUT2D eigenvalue weighted by atomic mass is 15.4. The number of fused-ring (bicyclic) bond motifs is 1. The first kappa shape index (κ1) is 15.2. The maximum Gasteiger partial charge on any atom is 0.253 e. The standard InChI is InChI=1S/C19H19N7/c1-11-7-12(2)26-19(21-11)22-18(24-26)17-9-16(23-25(17)3)15-8-14(15)13-5-4-6-20-10-13/h4-7,9-10,14-15H,8H2,1-3H3/t14-,15+/m1/s1. The van der Waals surface area contributed by atoms with E-state index in [1.54, 1.807) is 4.52 Å². The Morgan fingerprint density at radius 1 is 1.08 bits per heavy atom. The van der Waals surface area contributed by atoms with Gasteiger partial charge in [0.2, 0.25) is 5.82 Å². The Hall–Kier alpha value is -3.09. The van der Waals surface area contributed by atoms with Gasteiger partial charge >= 0.3 is 0 Å². The molecule has 2 atom stereocenters. The van der Waals surface area contributed by atoms with Crippen LogP contribution in [0, 0.1) is 13.8 Å². The van der Waals surface area contributed by atoms with Gasteiger partial charge in [-0.1, -0.05) is 6.07 Å². The highest BCUT2D eigenvalue weighted by Gasteiger charge is 2.41. The lowest BCUT2D eigenvalue weighted by Crippen LogP contribution is -1.98. The summed E-state index contributed by atoms with van der Waals surface area (Å²) >= 11 is 0. The van der Waals surface area contributed by atoms with Crippen LogP contribution in [-0.4, -0.2) is 34.3 Å². The lowest BCUT2D eigenvalue weighted by molar-refractivity contribution is 0.742. The minimum absolute atomic E-state index is 0.443. The van der Waals surface area contributed by atoms with Crippen LogP contribution in [0.5, 0.6) is 0 Å². The number of aryl methyl sites for hydroxylation is 3. The number of hydrogen-bond donors (Lipinski definition) is 0. The highest BCUT2D eigenvalue weighted by molar-refractivity contribution is 5.54. The van der Waals surface area contributed by atoms with Crippen molar-refractivity contribution in [1.82, 2.24) is 34.3 Å². The van der Waals surface area contributed by atoms with Gasteiger partial charge in [0.25, 0.3) is 5.78 Å². The zero-order valence-corrected chi connectivity index (χ0v) is 15.0. The van der Waals surface area contributed by atoms with Crippen LogP contribution in [0.15, 0.2) is 36.7 Å². The minimum Gasteiger partial charge on any atom is -0.264 e. The molecule has 7 nitrogen and oxygen atoms in total. The Bertz CT molecular complexity index is 1110. The maximum absolute atomic E-state index is 4.72. The lowest BCUT2D eigenvalue weighted by Gasteiger charge is -1.97. The number of aromatic nitrogens is 7. The van der Waals surface area contributed by atoms with E-state index >= 15 is 0 Å². The molecule has 0 aromatic carbocycles. The molecule has 0 bridgehead atoms. The molecular weight excluding hydrogens is 326 g/mol. The summed E-state index contributed by atoms with van der Waals surface area (Å²) in [5.41, 5.74) is 5.26. The summed E-state index contributed by atoms with van der Waals surface area (Å²) in [5.74, 6) is 2.23. The highest BCUT2D eigenvalue weighted by Crippen LogP contribution is 2.54. The van der Waals surface area contributed by atoms with Crippen molar-refractivity contribution in [2.24, 2.45) is 7.05 Å². The second-order valence-electron chi connectivity index (χ2n) is 7.00. The molecule has 1 fully saturated rings. The molecule has 0 radical (unpaired) electrons. The number of rotatable bonds is 3.